The quantitative estimate of drug-likeness (QED) is 0.934. The summed E-state index contributed by atoms with van der Waals surface area (Å²) in [7, 11) is 0. The monoisotopic (exact) mass is 326 g/mol. The molecule has 1 aliphatic rings. The van der Waals surface area contributed by atoms with Crippen LogP contribution in [0, 0.1) is 0 Å². The normalized spacial score (nSPS) is 18.9. The number of aromatic nitrogens is 2. The third-order valence-electron chi connectivity index (χ3n) is 4.26. The molecule has 1 saturated heterocycles. The van der Waals surface area contributed by atoms with Crippen molar-refractivity contribution < 1.29 is 9.53 Å². The van der Waals surface area contributed by atoms with Gasteiger partial charge in [-0.2, -0.15) is 0 Å². The number of nitrogens with two attached hydrogens (primary N) is 1. The molecule has 2 heterocycles. The van der Waals surface area contributed by atoms with Gasteiger partial charge in [-0.25, -0.2) is 4.98 Å². The Kier molecular flexibility index (Phi) is 5.05. The summed E-state index contributed by atoms with van der Waals surface area (Å²) in [6.07, 6.45) is 7.77. The Hall–Kier alpha value is -2.47. The molecule has 2 N–H and O–H groups in total. The van der Waals surface area contributed by atoms with E-state index < -0.39 is 0 Å². The maximum atomic E-state index is 12.9. The van der Waals surface area contributed by atoms with Crippen LogP contribution in [0.4, 0.5) is 0 Å². The first-order chi connectivity index (χ1) is 11.6. The van der Waals surface area contributed by atoms with Gasteiger partial charge in [-0.05, 0) is 44.4 Å². The Labute approximate surface area is 141 Å². The third-order valence-corrected chi connectivity index (χ3v) is 4.26. The molecule has 126 valence electrons. The minimum atomic E-state index is -0.0340. The Balaban J connectivity index is 1.78. The fraction of sp³-hybridized carbons (Fsp3) is 0.389. The zero-order chi connectivity index (χ0) is 16.9. The van der Waals surface area contributed by atoms with E-state index in [2.05, 4.69) is 9.97 Å². The second-order valence-electron chi connectivity index (χ2n) is 6.09. The Bertz CT molecular complexity index is 690. The molecule has 3 rings (SSSR count). The zero-order valence-corrected chi connectivity index (χ0v) is 13.8. The average molecular weight is 326 g/mol. The van der Waals surface area contributed by atoms with Crippen LogP contribution in [0.3, 0.4) is 0 Å². The lowest BCUT2D eigenvalue weighted by molar-refractivity contribution is 0.0583. The number of amides is 1. The van der Waals surface area contributed by atoms with Gasteiger partial charge in [-0.15, -0.1) is 0 Å². The highest BCUT2D eigenvalue weighted by Gasteiger charge is 2.29. The largest absolute Gasteiger partial charge is 0.437 e. The van der Waals surface area contributed by atoms with Gasteiger partial charge in [0.25, 0.3) is 5.91 Å². The van der Waals surface area contributed by atoms with Crippen molar-refractivity contribution in [3.05, 3.63) is 48.4 Å². The number of ether oxygens (including phenoxy) is 1. The number of benzene rings is 1. The lowest BCUT2D eigenvalue weighted by Gasteiger charge is -2.38. The van der Waals surface area contributed by atoms with Gasteiger partial charge in [0, 0.05) is 36.6 Å². The molecule has 6 heteroatoms. The van der Waals surface area contributed by atoms with Crippen LogP contribution in [-0.2, 0) is 0 Å². The molecule has 2 unspecified atom stereocenters. The van der Waals surface area contributed by atoms with Crippen LogP contribution >= 0.6 is 0 Å². The van der Waals surface area contributed by atoms with Crippen molar-refractivity contribution in [2.75, 3.05) is 6.54 Å². The smallest absolute Gasteiger partial charge is 0.254 e. The van der Waals surface area contributed by atoms with Crippen molar-refractivity contribution in [1.82, 2.24) is 14.9 Å². The molecule has 0 saturated carbocycles. The minimum absolute atomic E-state index is 0.00148. The number of carbonyl (C=O) groups is 1. The maximum Gasteiger partial charge on any atom is 0.254 e. The third kappa shape index (κ3) is 3.71. The van der Waals surface area contributed by atoms with Crippen molar-refractivity contribution in [3.8, 4) is 11.6 Å². The van der Waals surface area contributed by atoms with E-state index in [0.717, 1.165) is 25.8 Å². The standard InChI is InChI=1S/C18H22N4O2/c1-13(19)16-7-2-3-10-22(16)18(23)14-5-4-6-15(11-14)24-17-12-20-8-9-21-17/h4-6,8-9,11-13,16H,2-3,7,10,19H2,1H3. The van der Waals surface area contributed by atoms with Crippen LogP contribution < -0.4 is 10.5 Å². The fourth-order valence-corrected chi connectivity index (χ4v) is 3.07. The molecule has 0 radical (unpaired) electrons. The molecule has 1 aromatic carbocycles. The highest BCUT2D eigenvalue weighted by molar-refractivity contribution is 5.95. The van der Waals surface area contributed by atoms with E-state index in [1.807, 2.05) is 17.9 Å². The van der Waals surface area contributed by atoms with E-state index in [9.17, 15) is 4.79 Å². The van der Waals surface area contributed by atoms with E-state index in [4.69, 9.17) is 10.5 Å². The van der Waals surface area contributed by atoms with Crippen molar-refractivity contribution in [2.45, 2.75) is 38.3 Å². The first-order valence-corrected chi connectivity index (χ1v) is 8.25. The first kappa shape index (κ1) is 16.4. The van der Waals surface area contributed by atoms with E-state index >= 15 is 0 Å². The Morgan fingerprint density at radius 3 is 3.00 bits per heavy atom. The summed E-state index contributed by atoms with van der Waals surface area (Å²) in [5.74, 6) is 0.964. The Morgan fingerprint density at radius 2 is 2.25 bits per heavy atom. The first-order valence-electron chi connectivity index (χ1n) is 8.25. The summed E-state index contributed by atoms with van der Waals surface area (Å²) < 4.78 is 5.66. The van der Waals surface area contributed by atoms with E-state index in [1.165, 1.54) is 6.20 Å². The molecular formula is C18H22N4O2. The molecule has 1 amide bonds. The predicted octanol–water partition coefficient (Wildman–Crippen LogP) is 2.61. The molecule has 2 atom stereocenters. The molecule has 0 bridgehead atoms. The minimum Gasteiger partial charge on any atom is -0.437 e. The molecule has 0 spiro atoms. The summed E-state index contributed by atoms with van der Waals surface area (Å²) in [5.41, 5.74) is 6.67. The molecule has 1 fully saturated rings. The molecular weight excluding hydrogens is 304 g/mol. The van der Waals surface area contributed by atoms with Crippen molar-refractivity contribution in [3.63, 3.8) is 0 Å². The molecule has 24 heavy (non-hydrogen) atoms. The second-order valence-corrected chi connectivity index (χ2v) is 6.09. The average Bonchev–Trinajstić information content (AvgIpc) is 2.62. The van der Waals surface area contributed by atoms with E-state index in [0.29, 0.717) is 17.2 Å². The van der Waals surface area contributed by atoms with Gasteiger partial charge in [-0.3, -0.25) is 9.78 Å². The van der Waals surface area contributed by atoms with Gasteiger partial charge >= 0.3 is 0 Å². The summed E-state index contributed by atoms with van der Waals surface area (Å²) in [5, 5.41) is 0. The number of rotatable bonds is 4. The number of piperidine rings is 1. The lowest BCUT2D eigenvalue weighted by Crippen LogP contribution is -2.51. The number of hydrogen-bond donors (Lipinski definition) is 1. The number of hydrogen-bond acceptors (Lipinski definition) is 5. The van der Waals surface area contributed by atoms with E-state index in [-0.39, 0.29) is 18.0 Å². The highest BCUT2D eigenvalue weighted by atomic mass is 16.5. The van der Waals surface area contributed by atoms with Crippen molar-refractivity contribution in [2.24, 2.45) is 5.73 Å². The zero-order valence-electron chi connectivity index (χ0n) is 13.8. The SMILES string of the molecule is CC(N)C1CCCCN1C(=O)c1cccc(Oc2cnccn2)c1. The second kappa shape index (κ2) is 7.40. The van der Waals surface area contributed by atoms with Crippen LogP contribution in [0.1, 0.15) is 36.5 Å². The highest BCUT2D eigenvalue weighted by Crippen LogP contribution is 2.24. The van der Waals surface area contributed by atoms with Gasteiger partial charge < -0.3 is 15.4 Å². The fourth-order valence-electron chi connectivity index (χ4n) is 3.07. The van der Waals surface area contributed by atoms with Gasteiger partial charge in [0.05, 0.1) is 6.20 Å². The van der Waals surface area contributed by atoms with Crippen LogP contribution in [0.5, 0.6) is 11.6 Å². The van der Waals surface area contributed by atoms with Crippen molar-refractivity contribution >= 4 is 5.91 Å². The molecule has 1 aliphatic heterocycles. The summed E-state index contributed by atoms with van der Waals surface area (Å²) in [6.45, 7) is 2.71. The van der Waals surface area contributed by atoms with Crippen LogP contribution in [-0.4, -0.2) is 39.4 Å². The van der Waals surface area contributed by atoms with Gasteiger partial charge in [-0.1, -0.05) is 6.07 Å². The Morgan fingerprint density at radius 1 is 1.38 bits per heavy atom. The molecule has 0 aliphatic carbocycles. The molecule has 1 aromatic heterocycles. The van der Waals surface area contributed by atoms with Crippen molar-refractivity contribution in [1.29, 1.82) is 0 Å². The summed E-state index contributed by atoms with van der Waals surface area (Å²) in [4.78, 5) is 22.8. The van der Waals surface area contributed by atoms with Crippen LogP contribution in [0.15, 0.2) is 42.9 Å². The summed E-state index contributed by atoms with van der Waals surface area (Å²) in [6, 6.07) is 7.21. The number of nitrogens with zero attached hydrogens (tertiary/aromatic N) is 3. The topological polar surface area (TPSA) is 81.3 Å². The van der Waals surface area contributed by atoms with Crippen LogP contribution in [0.2, 0.25) is 0 Å². The lowest BCUT2D eigenvalue weighted by atomic mass is 9.96. The molecule has 2 aromatic rings. The summed E-state index contributed by atoms with van der Waals surface area (Å²) >= 11 is 0. The van der Waals surface area contributed by atoms with Gasteiger partial charge in [0.15, 0.2) is 0 Å². The van der Waals surface area contributed by atoms with E-state index in [1.54, 1.807) is 30.6 Å². The maximum absolute atomic E-state index is 12.9. The molecule has 6 nitrogen and oxygen atoms in total. The van der Waals surface area contributed by atoms with Crippen LogP contribution in [0.25, 0.3) is 0 Å². The van der Waals surface area contributed by atoms with Gasteiger partial charge in [0.1, 0.15) is 5.75 Å². The number of likely N-dealkylation sites (tertiary alicyclic amines) is 1. The van der Waals surface area contributed by atoms with Gasteiger partial charge in [0.2, 0.25) is 5.88 Å². The predicted molar refractivity (Wildman–Crippen MR) is 90.9 cm³/mol. The number of carbonyl (C=O) groups excluding carboxylic acids is 1.